The van der Waals surface area contributed by atoms with Gasteiger partial charge in [0.05, 0.1) is 0 Å². The number of carbonyl (C=O) groups is 1. The molecular formula is C15H19BrN2O. The Morgan fingerprint density at radius 3 is 2.58 bits per heavy atom. The molecule has 0 aliphatic carbocycles. The molecule has 1 amide bonds. The summed E-state index contributed by atoms with van der Waals surface area (Å²) >= 11 is 3.48. The van der Waals surface area contributed by atoms with Crippen molar-refractivity contribution in [1.29, 1.82) is 0 Å². The van der Waals surface area contributed by atoms with Crippen molar-refractivity contribution in [3.05, 3.63) is 40.4 Å². The molecule has 0 bridgehead atoms. The summed E-state index contributed by atoms with van der Waals surface area (Å²) in [4.78, 5) is 16.4. The highest BCUT2D eigenvalue weighted by atomic mass is 79.9. The predicted octanol–water partition coefficient (Wildman–Crippen LogP) is 2.63. The van der Waals surface area contributed by atoms with Gasteiger partial charge in [-0.15, -0.1) is 0 Å². The number of nitrogens with zero attached hydrogens (tertiary/aromatic N) is 2. The summed E-state index contributed by atoms with van der Waals surface area (Å²) in [6, 6.07) is 7.90. The van der Waals surface area contributed by atoms with E-state index in [-0.39, 0.29) is 5.91 Å². The third-order valence-corrected chi connectivity index (χ3v) is 4.16. The molecule has 1 aliphatic heterocycles. The van der Waals surface area contributed by atoms with Crippen LogP contribution in [0.1, 0.15) is 12.5 Å². The SMILES string of the molecule is CCN1CCN(C(=O)C=Cc2ccccc2Br)CC1. The van der Waals surface area contributed by atoms with Crippen molar-refractivity contribution in [2.45, 2.75) is 6.92 Å². The fourth-order valence-corrected chi connectivity index (χ4v) is 2.58. The van der Waals surface area contributed by atoms with Gasteiger partial charge in [0, 0.05) is 36.7 Å². The molecule has 2 rings (SSSR count). The van der Waals surface area contributed by atoms with Gasteiger partial charge in [-0.1, -0.05) is 41.1 Å². The average Bonchev–Trinajstić information content (AvgIpc) is 2.46. The zero-order valence-corrected chi connectivity index (χ0v) is 12.8. The van der Waals surface area contributed by atoms with Crippen LogP contribution in [0.4, 0.5) is 0 Å². The van der Waals surface area contributed by atoms with Gasteiger partial charge in [0.2, 0.25) is 5.91 Å². The van der Waals surface area contributed by atoms with E-state index in [4.69, 9.17) is 0 Å². The van der Waals surface area contributed by atoms with Crippen LogP contribution in [0.5, 0.6) is 0 Å². The Kier molecular flexibility index (Phi) is 5.16. The molecule has 1 aromatic carbocycles. The summed E-state index contributed by atoms with van der Waals surface area (Å²) in [7, 11) is 0. The van der Waals surface area contributed by atoms with E-state index in [1.54, 1.807) is 6.08 Å². The van der Waals surface area contributed by atoms with E-state index < -0.39 is 0 Å². The molecule has 0 radical (unpaired) electrons. The van der Waals surface area contributed by atoms with Crippen LogP contribution < -0.4 is 0 Å². The first-order valence-electron chi connectivity index (χ1n) is 6.64. The van der Waals surface area contributed by atoms with Crippen molar-refractivity contribution in [3.63, 3.8) is 0 Å². The van der Waals surface area contributed by atoms with Crippen molar-refractivity contribution >= 4 is 27.9 Å². The summed E-state index contributed by atoms with van der Waals surface area (Å²) in [6.07, 6.45) is 3.54. The van der Waals surface area contributed by atoms with Crippen LogP contribution in [-0.2, 0) is 4.79 Å². The second-order valence-electron chi connectivity index (χ2n) is 4.61. The van der Waals surface area contributed by atoms with E-state index >= 15 is 0 Å². The molecule has 0 N–H and O–H groups in total. The van der Waals surface area contributed by atoms with Gasteiger partial charge < -0.3 is 9.80 Å². The van der Waals surface area contributed by atoms with Crippen molar-refractivity contribution in [3.8, 4) is 0 Å². The predicted molar refractivity (Wildman–Crippen MR) is 81.9 cm³/mol. The van der Waals surface area contributed by atoms with Gasteiger partial charge >= 0.3 is 0 Å². The van der Waals surface area contributed by atoms with E-state index in [2.05, 4.69) is 27.8 Å². The molecule has 1 fully saturated rings. The second-order valence-corrected chi connectivity index (χ2v) is 5.47. The number of hydrogen-bond donors (Lipinski definition) is 0. The summed E-state index contributed by atoms with van der Waals surface area (Å²) in [5.41, 5.74) is 1.03. The molecule has 1 saturated heterocycles. The smallest absolute Gasteiger partial charge is 0.246 e. The molecule has 0 aromatic heterocycles. The number of rotatable bonds is 3. The average molecular weight is 323 g/mol. The Labute approximate surface area is 123 Å². The quantitative estimate of drug-likeness (QED) is 0.799. The molecular weight excluding hydrogens is 304 g/mol. The van der Waals surface area contributed by atoms with E-state index in [9.17, 15) is 4.79 Å². The maximum atomic E-state index is 12.1. The zero-order chi connectivity index (χ0) is 13.7. The Morgan fingerprint density at radius 2 is 1.95 bits per heavy atom. The van der Waals surface area contributed by atoms with E-state index in [0.29, 0.717) is 0 Å². The largest absolute Gasteiger partial charge is 0.337 e. The van der Waals surface area contributed by atoms with Gasteiger partial charge in [-0.25, -0.2) is 0 Å². The van der Waals surface area contributed by atoms with Crippen LogP contribution in [0.15, 0.2) is 34.8 Å². The standard InChI is InChI=1S/C15H19BrN2O/c1-2-17-9-11-18(12-10-17)15(19)8-7-13-5-3-4-6-14(13)16/h3-8H,2,9-12H2,1H3. The highest BCUT2D eigenvalue weighted by Gasteiger charge is 2.18. The minimum absolute atomic E-state index is 0.103. The molecule has 0 spiro atoms. The molecule has 4 heteroatoms. The van der Waals surface area contributed by atoms with Crippen LogP contribution in [0.3, 0.4) is 0 Å². The first-order chi connectivity index (χ1) is 9.20. The van der Waals surface area contributed by atoms with Gasteiger partial charge in [0.15, 0.2) is 0 Å². The third kappa shape index (κ3) is 3.91. The number of piperazine rings is 1. The Morgan fingerprint density at radius 1 is 1.26 bits per heavy atom. The van der Waals surface area contributed by atoms with Gasteiger partial charge in [0.25, 0.3) is 0 Å². The Bertz CT molecular complexity index is 465. The lowest BCUT2D eigenvalue weighted by Crippen LogP contribution is -2.48. The zero-order valence-electron chi connectivity index (χ0n) is 11.2. The van der Waals surface area contributed by atoms with Crippen LogP contribution >= 0.6 is 15.9 Å². The van der Waals surface area contributed by atoms with Crippen LogP contribution in [0.25, 0.3) is 6.08 Å². The lowest BCUT2D eigenvalue weighted by molar-refractivity contribution is -0.127. The number of hydrogen-bond acceptors (Lipinski definition) is 2. The monoisotopic (exact) mass is 322 g/mol. The number of amides is 1. The second kappa shape index (κ2) is 6.87. The lowest BCUT2D eigenvalue weighted by atomic mass is 10.2. The normalized spacial score (nSPS) is 17.1. The third-order valence-electron chi connectivity index (χ3n) is 3.44. The molecule has 0 saturated carbocycles. The highest BCUT2D eigenvalue weighted by molar-refractivity contribution is 9.10. The van der Waals surface area contributed by atoms with Crippen molar-refractivity contribution < 1.29 is 4.79 Å². The molecule has 102 valence electrons. The summed E-state index contributed by atoms with van der Waals surface area (Å²) < 4.78 is 1.01. The fourth-order valence-electron chi connectivity index (χ4n) is 2.16. The van der Waals surface area contributed by atoms with Crippen molar-refractivity contribution in [2.75, 3.05) is 32.7 Å². The summed E-state index contributed by atoms with van der Waals surface area (Å²) in [5, 5.41) is 0. The number of halogens is 1. The maximum absolute atomic E-state index is 12.1. The summed E-state index contributed by atoms with van der Waals surface area (Å²) in [6.45, 7) is 6.83. The molecule has 19 heavy (non-hydrogen) atoms. The van der Waals surface area contributed by atoms with Crippen LogP contribution in [0, 0.1) is 0 Å². The van der Waals surface area contributed by atoms with Gasteiger partial charge in [-0.3, -0.25) is 4.79 Å². The highest BCUT2D eigenvalue weighted by Crippen LogP contribution is 2.17. The van der Waals surface area contributed by atoms with Crippen LogP contribution in [0.2, 0.25) is 0 Å². The lowest BCUT2D eigenvalue weighted by Gasteiger charge is -2.33. The molecule has 3 nitrogen and oxygen atoms in total. The van der Waals surface area contributed by atoms with E-state index in [1.165, 1.54) is 0 Å². The minimum atomic E-state index is 0.103. The number of carbonyl (C=O) groups excluding carboxylic acids is 1. The molecule has 1 aromatic rings. The van der Waals surface area contributed by atoms with Crippen molar-refractivity contribution in [2.24, 2.45) is 0 Å². The number of benzene rings is 1. The molecule has 1 aliphatic rings. The molecule has 0 unspecified atom stereocenters. The fraction of sp³-hybridized carbons (Fsp3) is 0.400. The summed E-state index contributed by atoms with van der Waals surface area (Å²) in [5.74, 6) is 0.103. The van der Waals surface area contributed by atoms with Crippen LogP contribution in [-0.4, -0.2) is 48.4 Å². The first-order valence-corrected chi connectivity index (χ1v) is 7.44. The van der Waals surface area contributed by atoms with Gasteiger partial charge in [0.1, 0.15) is 0 Å². The maximum Gasteiger partial charge on any atom is 0.246 e. The number of likely N-dealkylation sites (N-methyl/N-ethyl adjacent to an activating group) is 1. The van der Waals surface area contributed by atoms with E-state index in [1.807, 2.05) is 35.2 Å². The van der Waals surface area contributed by atoms with Gasteiger partial charge in [-0.2, -0.15) is 0 Å². The van der Waals surface area contributed by atoms with Gasteiger partial charge in [-0.05, 0) is 24.3 Å². The Balaban J connectivity index is 1.93. The van der Waals surface area contributed by atoms with E-state index in [0.717, 1.165) is 42.8 Å². The Hall–Kier alpha value is -1.13. The minimum Gasteiger partial charge on any atom is -0.337 e. The molecule has 0 atom stereocenters. The first kappa shape index (κ1) is 14.3. The van der Waals surface area contributed by atoms with Crippen molar-refractivity contribution in [1.82, 2.24) is 9.80 Å². The molecule has 1 heterocycles. The topological polar surface area (TPSA) is 23.6 Å².